The van der Waals surface area contributed by atoms with Crippen LogP contribution < -0.4 is 15.1 Å². The fraction of sp³-hybridized carbons (Fsp3) is 0.222. The highest BCUT2D eigenvalue weighted by atomic mass is 16.5. The van der Waals surface area contributed by atoms with Gasteiger partial charge in [0.05, 0.1) is 19.1 Å². The summed E-state index contributed by atoms with van der Waals surface area (Å²) in [6, 6.07) is 17.5. The average Bonchev–Trinajstić information content (AvgIpc) is 3.57. The second kappa shape index (κ2) is 9.50. The minimum absolute atomic E-state index is 0.236. The molecule has 0 N–H and O–H groups in total. The van der Waals surface area contributed by atoms with E-state index in [-0.39, 0.29) is 18.6 Å². The Morgan fingerprint density at radius 3 is 2.63 bits per heavy atom. The molecule has 1 aliphatic heterocycles. The molecule has 2 aromatic heterocycles. The summed E-state index contributed by atoms with van der Waals surface area (Å²) in [5.41, 5.74) is 2.57. The Morgan fingerprint density at radius 2 is 1.91 bits per heavy atom. The van der Waals surface area contributed by atoms with E-state index in [2.05, 4.69) is 5.10 Å². The number of aryl methyl sites for hydroxylation is 1. The van der Waals surface area contributed by atoms with Crippen molar-refractivity contribution in [2.45, 2.75) is 25.8 Å². The molecule has 1 aliphatic rings. The Hall–Kier alpha value is -4.33. The van der Waals surface area contributed by atoms with E-state index in [1.165, 1.54) is 11.1 Å². The summed E-state index contributed by atoms with van der Waals surface area (Å²) in [6.07, 6.45) is 2.79. The van der Waals surface area contributed by atoms with Crippen LogP contribution in [0, 0.1) is 0 Å². The first-order valence-electron chi connectivity index (χ1n) is 11.3. The van der Waals surface area contributed by atoms with Crippen molar-refractivity contribution in [1.29, 1.82) is 0 Å². The lowest BCUT2D eigenvalue weighted by Gasteiger charge is -2.20. The molecule has 1 unspecified atom stereocenters. The van der Waals surface area contributed by atoms with Gasteiger partial charge in [-0.25, -0.2) is 9.80 Å². The molecule has 1 atom stereocenters. The quantitative estimate of drug-likeness (QED) is 0.362. The molecule has 0 radical (unpaired) electrons. The summed E-state index contributed by atoms with van der Waals surface area (Å²) in [4.78, 5) is 25.0. The summed E-state index contributed by atoms with van der Waals surface area (Å²) in [5.74, 6) is 1.49. The van der Waals surface area contributed by atoms with Crippen molar-refractivity contribution in [3.8, 4) is 11.5 Å². The highest BCUT2D eigenvalue weighted by Crippen LogP contribution is 2.33. The second-order valence-electron chi connectivity index (χ2n) is 8.14. The Bertz CT molecular complexity index is 1440. The predicted octanol–water partition coefficient (Wildman–Crippen LogP) is 4.71. The van der Waals surface area contributed by atoms with Crippen LogP contribution in [0.1, 0.15) is 36.3 Å². The molecule has 5 rings (SSSR count). The van der Waals surface area contributed by atoms with Gasteiger partial charge in [-0.2, -0.15) is 5.10 Å². The third-order valence-electron chi connectivity index (χ3n) is 6.01. The normalized spacial score (nSPS) is 15.3. The number of methoxy groups -OCH3 is 1. The van der Waals surface area contributed by atoms with Crippen molar-refractivity contribution in [3.05, 3.63) is 94.2 Å². The van der Waals surface area contributed by atoms with Gasteiger partial charge >= 0.3 is 5.63 Å². The zero-order valence-electron chi connectivity index (χ0n) is 19.4. The van der Waals surface area contributed by atoms with Gasteiger partial charge in [-0.3, -0.25) is 4.79 Å². The number of nitrogens with zero attached hydrogens (tertiary/aromatic N) is 2. The van der Waals surface area contributed by atoms with E-state index in [1.807, 2.05) is 43.3 Å². The molecule has 0 aliphatic carbocycles. The first-order valence-corrected chi connectivity index (χ1v) is 11.3. The molecule has 0 saturated heterocycles. The van der Waals surface area contributed by atoms with E-state index in [4.69, 9.17) is 18.3 Å². The lowest BCUT2D eigenvalue weighted by Crippen LogP contribution is -2.31. The zero-order chi connectivity index (χ0) is 24.4. The molecule has 8 nitrogen and oxygen atoms in total. The van der Waals surface area contributed by atoms with Gasteiger partial charge in [0.2, 0.25) is 0 Å². The van der Waals surface area contributed by atoms with Crippen molar-refractivity contribution in [1.82, 2.24) is 5.01 Å². The number of hydrogen-bond donors (Lipinski definition) is 0. The molecule has 1 amide bonds. The third-order valence-corrected chi connectivity index (χ3v) is 6.01. The van der Waals surface area contributed by atoms with E-state index in [9.17, 15) is 9.59 Å². The van der Waals surface area contributed by atoms with Crippen molar-refractivity contribution in [2.24, 2.45) is 5.10 Å². The molecule has 0 saturated carbocycles. The zero-order valence-corrected chi connectivity index (χ0v) is 19.4. The maximum absolute atomic E-state index is 13.2. The van der Waals surface area contributed by atoms with E-state index < -0.39 is 5.63 Å². The van der Waals surface area contributed by atoms with Crippen LogP contribution >= 0.6 is 0 Å². The Balaban J connectivity index is 1.37. The number of carbonyl (C=O) groups excluding carboxylic acids is 1. The molecular formula is C27H24N2O6. The lowest BCUT2D eigenvalue weighted by atomic mass is 10.0. The number of furan rings is 1. The number of carbonyl (C=O) groups is 1. The van der Waals surface area contributed by atoms with Crippen molar-refractivity contribution in [3.63, 3.8) is 0 Å². The van der Waals surface area contributed by atoms with Crippen LogP contribution in [0.4, 0.5) is 0 Å². The molecule has 2 aromatic carbocycles. The highest BCUT2D eigenvalue weighted by Gasteiger charge is 2.35. The summed E-state index contributed by atoms with van der Waals surface area (Å²) in [7, 11) is 1.61. The Labute approximate surface area is 201 Å². The van der Waals surface area contributed by atoms with E-state index in [0.717, 1.165) is 28.0 Å². The maximum Gasteiger partial charge on any atom is 0.336 e. The van der Waals surface area contributed by atoms with E-state index in [0.29, 0.717) is 29.9 Å². The summed E-state index contributed by atoms with van der Waals surface area (Å²) in [5, 5.41) is 6.86. The highest BCUT2D eigenvalue weighted by molar-refractivity contribution is 6.03. The number of amides is 1. The smallest absolute Gasteiger partial charge is 0.336 e. The molecule has 35 heavy (non-hydrogen) atoms. The van der Waals surface area contributed by atoms with Crippen LogP contribution in [-0.2, 0) is 11.2 Å². The molecule has 0 spiro atoms. The number of benzene rings is 2. The van der Waals surface area contributed by atoms with Gasteiger partial charge in [-0.15, -0.1) is 0 Å². The first kappa shape index (κ1) is 22.5. The molecule has 178 valence electrons. The molecular weight excluding hydrogens is 448 g/mol. The van der Waals surface area contributed by atoms with Gasteiger partial charge in [0.15, 0.2) is 6.61 Å². The minimum Gasteiger partial charge on any atom is -0.497 e. The van der Waals surface area contributed by atoms with Crippen LogP contribution in [0.25, 0.3) is 11.0 Å². The number of fused-ring (bicyclic) bond motifs is 1. The summed E-state index contributed by atoms with van der Waals surface area (Å²) >= 11 is 0. The molecule has 0 fully saturated rings. The van der Waals surface area contributed by atoms with Crippen LogP contribution in [-0.4, -0.2) is 30.3 Å². The third kappa shape index (κ3) is 4.55. The number of ether oxygens (including phenoxy) is 2. The van der Waals surface area contributed by atoms with Crippen LogP contribution in [0.2, 0.25) is 0 Å². The van der Waals surface area contributed by atoms with E-state index in [1.54, 1.807) is 31.6 Å². The fourth-order valence-corrected chi connectivity index (χ4v) is 4.20. The van der Waals surface area contributed by atoms with Gasteiger partial charge in [-0.05, 0) is 66.1 Å². The molecule has 4 aromatic rings. The van der Waals surface area contributed by atoms with Gasteiger partial charge in [-0.1, -0.05) is 6.92 Å². The molecule has 8 heteroatoms. The average molecular weight is 472 g/mol. The predicted molar refractivity (Wildman–Crippen MR) is 130 cm³/mol. The second-order valence-corrected chi connectivity index (χ2v) is 8.14. The van der Waals surface area contributed by atoms with Gasteiger partial charge < -0.3 is 18.3 Å². The largest absolute Gasteiger partial charge is 0.497 e. The van der Waals surface area contributed by atoms with E-state index >= 15 is 0 Å². The van der Waals surface area contributed by atoms with Crippen LogP contribution in [0.3, 0.4) is 0 Å². The minimum atomic E-state index is -0.415. The van der Waals surface area contributed by atoms with Gasteiger partial charge in [0.25, 0.3) is 5.91 Å². The first-order chi connectivity index (χ1) is 17.1. The lowest BCUT2D eigenvalue weighted by molar-refractivity contribution is -0.135. The molecule has 0 bridgehead atoms. The standard InChI is InChI=1S/C27H24N2O6/c1-3-17-13-27(31)35-25-14-20(10-11-21(17)25)34-16-26(30)29-23(24-5-4-12-33-24)15-22(28-29)18-6-8-19(32-2)9-7-18/h4-14,23H,3,15-16H2,1-2H3. The van der Waals surface area contributed by atoms with Gasteiger partial charge in [0.1, 0.15) is 28.9 Å². The summed E-state index contributed by atoms with van der Waals surface area (Å²) in [6.45, 7) is 1.74. The van der Waals surface area contributed by atoms with Crippen molar-refractivity contribution in [2.75, 3.05) is 13.7 Å². The number of hydrogen-bond acceptors (Lipinski definition) is 7. The molecule has 3 heterocycles. The van der Waals surface area contributed by atoms with Crippen molar-refractivity contribution < 1.29 is 23.1 Å². The van der Waals surface area contributed by atoms with Crippen LogP contribution in [0.15, 0.2) is 85.7 Å². The van der Waals surface area contributed by atoms with Crippen molar-refractivity contribution >= 4 is 22.6 Å². The number of hydrazone groups is 1. The number of rotatable bonds is 7. The monoisotopic (exact) mass is 472 g/mol. The van der Waals surface area contributed by atoms with Crippen LogP contribution in [0.5, 0.6) is 11.5 Å². The van der Waals surface area contributed by atoms with Gasteiger partial charge in [0, 0.05) is 23.9 Å². The Morgan fingerprint density at radius 1 is 1.11 bits per heavy atom. The SMILES string of the molecule is CCc1cc(=O)oc2cc(OCC(=O)N3N=C(c4ccc(OC)cc4)CC3c3ccco3)ccc12. The Kier molecular flexibility index (Phi) is 6.10. The maximum atomic E-state index is 13.2. The topological polar surface area (TPSA) is 94.5 Å². The fourth-order valence-electron chi connectivity index (χ4n) is 4.20. The summed E-state index contributed by atoms with van der Waals surface area (Å²) < 4.78 is 21.9.